The first kappa shape index (κ1) is 13.1. The number of hydrogen-bond acceptors (Lipinski definition) is 3. The molecule has 1 amide bonds. The van der Waals surface area contributed by atoms with Gasteiger partial charge >= 0.3 is 0 Å². The molecule has 0 atom stereocenters. The van der Waals surface area contributed by atoms with Gasteiger partial charge in [0, 0.05) is 12.0 Å². The lowest BCUT2D eigenvalue weighted by molar-refractivity contribution is -0.121. The number of nitrogens with one attached hydrogen (secondary N) is 1. The predicted molar refractivity (Wildman–Crippen MR) is 68.0 cm³/mol. The molecule has 1 heterocycles. The Morgan fingerprint density at radius 1 is 1.39 bits per heavy atom. The Hall–Kier alpha value is -1.29. The third kappa shape index (κ3) is 3.35. The van der Waals surface area contributed by atoms with E-state index in [-0.39, 0.29) is 24.3 Å². The first-order valence-corrected chi connectivity index (χ1v) is 6.64. The van der Waals surface area contributed by atoms with Crippen LogP contribution < -0.4 is 5.32 Å². The van der Waals surface area contributed by atoms with E-state index >= 15 is 0 Å². The van der Waals surface area contributed by atoms with Gasteiger partial charge in [0.1, 0.15) is 5.76 Å². The summed E-state index contributed by atoms with van der Waals surface area (Å²) in [6.07, 6.45) is 7.38. The molecule has 4 heteroatoms. The van der Waals surface area contributed by atoms with E-state index in [1.807, 2.05) is 0 Å². The largest absolute Gasteiger partial charge is 0.469 e. The van der Waals surface area contributed by atoms with Crippen LogP contribution in [0.2, 0.25) is 0 Å². The van der Waals surface area contributed by atoms with Gasteiger partial charge in [0.2, 0.25) is 5.91 Å². The predicted octanol–water partition coefficient (Wildman–Crippen LogP) is 1.88. The molecule has 18 heavy (non-hydrogen) atoms. The summed E-state index contributed by atoms with van der Waals surface area (Å²) in [4.78, 5) is 11.8. The molecular weight excluding hydrogens is 230 g/mol. The van der Waals surface area contributed by atoms with Crippen LogP contribution in [0, 0.1) is 5.41 Å². The van der Waals surface area contributed by atoms with E-state index in [0.717, 1.165) is 25.7 Å². The minimum absolute atomic E-state index is 0.0386. The van der Waals surface area contributed by atoms with Crippen LogP contribution in [0.25, 0.3) is 0 Å². The maximum atomic E-state index is 11.8. The fourth-order valence-corrected chi connectivity index (χ4v) is 2.61. The van der Waals surface area contributed by atoms with Gasteiger partial charge in [-0.3, -0.25) is 4.79 Å². The van der Waals surface area contributed by atoms with Crippen LogP contribution in [0.5, 0.6) is 0 Å². The lowest BCUT2D eigenvalue weighted by Crippen LogP contribution is -2.41. The van der Waals surface area contributed by atoms with Gasteiger partial charge in [-0.05, 0) is 25.0 Å². The zero-order valence-corrected chi connectivity index (χ0v) is 10.7. The Balaban J connectivity index is 1.80. The summed E-state index contributed by atoms with van der Waals surface area (Å²) in [5.74, 6) is 0.637. The van der Waals surface area contributed by atoms with E-state index in [1.165, 1.54) is 6.42 Å². The molecule has 1 aliphatic carbocycles. The summed E-state index contributed by atoms with van der Waals surface area (Å²) in [5, 5.41) is 12.5. The molecule has 1 aromatic heterocycles. The van der Waals surface area contributed by atoms with Crippen molar-refractivity contribution in [3.05, 3.63) is 24.2 Å². The van der Waals surface area contributed by atoms with Crippen molar-refractivity contribution >= 4 is 5.91 Å². The molecule has 2 rings (SSSR count). The normalized spacial score (nSPS) is 18.5. The number of aliphatic hydroxyl groups is 1. The molecule has 4 nitrogen and oxygen atoms in total. The van der Waals surface area contributed by atoms with Crippen LogP contribution in [0.1, 0.15) is 37.9 Å². The van der Waals surface area contributed by atoms with Gasteiger partial charge in [-0.25, -0.2) is 0 Å². The van der Waals surface area contributed by atoms with Crippen LogP contribution in [0.3, 0.4) is 0 Å². The summed E-state index contributed by atoms with van der Waals surface area (Å²) in [5.41, 5.74) is -0.100. The minimum atomic E-state index is -0.100. The second kappa shape index (κ2) is 6.05. The summed E-state index contributed by atoms with van der Waals surface area (Å²) < 4.78 is 5.14. The van der Waals surface area contributed by atoms with E-state index < -0.39 is 0 Å². The molecular formula is C14H21NO3. The highest BCUT2D eigenvalue weighted by Crippen LogP contribution is 2.35. The molecule has 2 N–H and O–H groups in total. The van der Waals surface area contributed by atoms with E-state index in [1.54, 1.807) is 18.4 Å². The number of carbonyl (C=O) groups is 1. The number of rotatable bonds is 5. The van der Waals surface area contributed by atoms with Crippen LogP contribution in [0.4, 0.5) is 0 Å². The molecule has 100 valence electrons. The highest BCUT2D eigenvalue weighted by atomic mass is 16.3. The third-order valence-corrected chi connectivity index (χ3v) is 3.83. The Bertz CT molecular complexity index is 366. The summed E-state index contributed by atoms with van der Waals surface area (Å²) in [6.45, 7) is 0.733. The Kier molecular flexibility index (Phi) is 4.42. The number of carbonyl (C=O) groups excluding carboxylic acids is 1. The topological polar surface area (TPSA) is 62.5 Å². The highest BCUT2D eigenvalue weighted by Gasteiger charge is 2.31. The SMILES string of the molecule is O=C(Cc1ccco1)NCC1(CO)CCCCC1. The zero-order chi connectivity index (χ0) is 12.8. The van der Waals surface area contributed by atoms with Crippen molar-refractivity contribution in [1.82, 2.24) is 5.32 Å². The maximum Gasteiger partial charge on any atom is 0.227 e. The van der Waals surface area contributed by atoms with Crippen molar-refractivity contribution in [1.29, 1.82) is 0 Å². The Morgan fingerprint density at radius 2 is 2.17 bits per heavy atom. The lowest BCUT2D eigenvalue weighted by Gasteiger charge is -2.35. The van der Waals surface area contributed by atoms with E-state index in [0.29, 0.717) is 12.3 Å². The number of aliphatic hydroxyl groups excluding tert-OH is 1. The lowest BCUT2D eigenvalue weighted by atomic mass is 9.74. The highest BCUT2D eigenvalue weighted by molar-refractivity contribution is 5.77. The third-order valence-electron chi connectivity index (χ3n) is 3.83. The van der Waals surface area contributed by atoms with Crippen LogP contribution >= 0.6 is 0 Å². The molecule has 1 aliphatic rings. The quantitative estimate of drug-likeness (QED) is 0.840. The Morgan fingerprint density at radius 3 is 2.78 bits per heavy atom. The van der Waals surface area contributed by atoms with Gasteiger partial charge in [0.15, 0.2) is 0 Å². The summed E-state index contributed by atoms with van der Waals surface area (Å²) in [7, 11) is 0. The van der Waals surface area contributed by atoms with Crippen molar-refractivity contribution in [2.75, 3.05) is 13.2 Å². The second-order valence-electron chi connectivity index (χ2n) is 5.25. The average Bonchev–Trinajstić information content (AvgIpc) is 2.90. The molecule has 1 fully saturated rings. The average molecular weight is 251 g/mol. The summed E-state index contributed by atoms with van der Waals surface area (Å²) >= 11 is 0. The van der Waals surface area contributed by atoms with Crippen molar-refractivity contribution in [2.24, 2.45) is 5.41 Å². The fourth-order valence-electron chi connectivity index (χ4n) is 2.61. The van der Waals surface area contributed by atoms with Gasteiger partial charge in [0.25, 0.3) is 0 Å². The van der Waals surface area contributed by atoms with Crippen molar-refractivity contribution < 1.29 is 14.3 Å². The van der Waals surface area contributed by atoms with E-state index in [4.69, 9.17) is 4.42 Å². The minimum Gasteiger partial charge on any atom is -0.469 e. The van der Waals surface area contributed by atoms with E-state index in [2.05, 4.69) is 5.32 Å². The number of furan rings is 1. The first-order valence-electron chi connectivity index (χ1n) is 6.64. The molecule has 0 saturated heterocycles. The van der Waals surface area contributed by atoms with Crippen LogP contribution in [0.15, 0.2) is 22.8 Å². The molecule has 1 aromatic rings. The van der Waals surface area contributed by atoms with Gasteiger partial charge < -0.3 is 14.8 Å². The Labute approximate surface area is 107 Å². The molecule has 0 aliphatic heterocycles. The van der Waals surface area contributed by atoms with Gasteiger partial charge in [-0.1, -0.05) is 19.3 Å². The molecule has 1 saturated carbocycles. The van der Waals surface area contributed by atoms with Crippen molar-refractivity contribution in [3.63, 3.8) is 0 Å². The molecule has 0 radical (unpaired) electrons. The second-order valence-corrected chi connectivity index (χ2v) is 5.25. The van der Waals surface area contributed by atoms with Crippen LogP contribution in [-0.2, 0) is 11.2 Å². The maximum absolute atomic E-state index is 11.8. The van der Waals surface area contributed by atoms with Gasteiger partial charge in [-0.15, -0.1) is 0 Å². The number of hydrogen-bond donors (Lipinski definition) is 2. The van der Waals surface area contributed by atoms with Gasteiger partial charge in [0.05, 0.1) is 19.3 Å². The van der Waals surface area contributed by atoms with Crippen LogP contribution in [-0.4, -0.2) is 24.2 Å². The summed E-state index contributed by atoms with van der Waals surface area (Å²) in [6, 6.07) is 3.57. The van der Waals surface area contributed by atoms with E-state index in [9.17, 15) is 9.90 Å². The molecule has 0 unspecified atom stereocenters. The molecule has 0 aromatic carbocycles. The fraction of sp³-hybridized carbons (Fsp3) is 0.643. The molecule has 0 bridgehead atoms. The van der Waals surface area contributed by atoms with Crippen molar-refractivity contribution in [2.45, 2.75) is 38.5 Å². The van der Waals surface area contributed by atoms with Gasteiger partial charge in [-0.2, -0.15) is 0 Å². The standard InChI is InChI=1S/C14H21NO3/c16-11-14(6-2-1-3-7-14)10-15-13(17)9-12-5-4-8-18-12/h4-5,8,16H,1-3,6-7,9-11H2,(H,15,17). The smallest absolute Gasteiger partial charge is 0.227 e. The monoisotopic (exact) mass is 251 g/mol. The number of amides is 1. The van der Waals surface area contributed by atoms with Crippen molar-refractivity contribution in [3.8, 4) is 0 Å². The molecule has 0 spiro atoms. The zero-order valence-electron chi connectivity index (χ0n) is 10.7. The first-order chi connectivity index (χ1) is 8.74.